The Hall–Kier alpha value is -0.930. The predicted octanol–water partition coefficient (Wildman–Crippen LogP) is 4.03. The topological polar surface area (TPSA) is 27.8 Å². The van der Waals surface area contributed by atoms with Crippen molar-refractivity contribution in [2.75, 3.05) is 11.5 Å². The van der Waals surface area contributed by atoms with E-state index in [0.29, 0.717) is 12.1 Å². The number of hydrogen-bond donors (Lipinski definition) is 2. The lowest BCUT2D eigenvalue weighted by Crippen LogP contribution is -2.38. The van der Waals surface area contributed by atoms with Crippen molar-refractivity contribution in [2.24, 2.45) is 0 Å². The number of rotatable bonds is 2. The van der Waals surface area contributed by atoms with Gasteiger partial charge >= 0.3 is 0 Å². The number of para-hydroxylation sites is 1. The van der Waals surface area contributed by atoms with E-state index < -0.39 is 0 Å². The Morgan fingerprint density at radius 3 is 3.00 bits per heavy atom. The first-order chi connectivity index (χ1) is 9.92. The number of benzene rings is 1. The number of aryl methyl sites for hydroxylation is 1. The molecule has 0 amide bonds. The molecule has 106 valence electrons. The van der Waals surface area contributed by atoms with Crippen LogP contribution >= 0.6 is 11.8 Å². The first-order valence-electron chi connectivity index (χ1n) is 7.85. The molecule has 2 nitrogen and oxygen atoms in total. The molecule has 1 aromatic carbocycles. The fraction of sp³-hybridized carbons (Fsp3) is 0.529. The highest BCUT2D eigenvalue weighted by molar-refractivity contribution is 7.99. The van der Waals surface area contributed by atoms with Gasteiger partial charge in [-0.15, -0.1) is 0 Å². The predicted molar refractivity (Wildman–Crippen MR) is 87.5 cm³/mol. The van der Waals surface area contributed by atoms with Crippen LogP contribution < -0.4 is 5.32 Å². The van der Waals surface area contributed by atoms with Crippen molar-refractivity contribution in [3.8, 4) is 0 Å². The monoisotopic (exact) mass is 286 g/mol. The van der Waals surface area contributed by atoms with Gasteiger partial charge in [0.15, 0.2) is 0 Å². The molecule has 2 unspecified atom stereocenters. The first-order valence-corrected chi connectivity index (χ1v) is 9.00. The minimum Gasteiger partial charge on any atom is -0.357 e. The minimum absolute atomic E-state index is 0.537. The van der Waals surface area contributed by atoms with Crippen molar-refractivity contribution in [1.29, 1.82) is 0 Å². The van der Waals surface area contributed by atoms with Crippen molar-refractivity contribution in [3.63, 3.8) is 0 Å². The average Bonchev–Trinajstić information content (AvgIpc) is 2.88. The highest BCUT2D eigenvalue weighted by Crippen LogP contribution is 2.35. The SMILES string of the molecule is c1ccc2c3c([nH]c2c1)C(NC1CCCSC1)CCC3. The summed E-state index contributed by atoms with van der Waals surface area (Å²) < 4.78 is 0. The van der Waals surface area contributed by atoms with Crippen LogP contribution in [0.2, 0.25) is 0 Å². The van der Waals surface area contributed by atoms with Gasteiger partial charge in [-0.05, 0) is 49.5 Å². The molecule has 1 saturated heterocycles. The maximum Gasteiger partial charge on any atom is 0.0478 e. The normalized spacial score (nSPS) is 26.6. The van der Waals surface area contributed by atoms with Crippen LogP contribution in [0.1, 0.15) is 43.0 Å². The zero-order valence-corrected chi connectivity index (χ0v) is 12.6. The summed E-state index contributed by atoms with van der Waals surface area (Å²) in [6.07, 6.45) is 6.54. The number of aromatic nitrogens is 1. The van der Waals surface area contributed by atoms with Gasteiger partial charge in [-0.2, -0.15) is 11.8 Å². The molecule has 20 heavy (non-hydrogen) atoms. The van der Waals surface area contributed by atoms with E-state index in [1.807, 2.05) is 0 Å². The van der Waals surface area contributed by atoms with Gasteiger partial charge in [0.2, 0.25) is 0 Å². The van der Waals surface area contributed by atoms with Gasteiger partial charge < -0.3 is 10.3 Å². The molecule has 0 spiro atoms. The lowest BCUT2D eigenvalue weighted by atomic mass is 9.91. The Balaban J connectivity index is 1.63. The Bertz CT molecular complexity index is 598. The molecule has 1 fully saturated rings. The summed E-state index contributed by atoms with van der Waals surface area (Å²) >= 11 is 2.11. The Morgan fingerprint density at radius 1 is 1.15 bits per heavy atom. The summed E-state index contributed by atoms with van der Waals surface area (Å²) in [5, 5.41) is 5.36. The molecule has 2 heterocycles. The summed E-state index contributed by atoms with van der Waals surface area (Å²) in [6.45, 7) is 0. The molecule has 0 radical (unpaired) electrons. The second-order valence-corrected chi connectivity index (χ2v) is 7.24. The maximum absolute atomic E-state index is 3.92. The third-order valence-electron chi connectivity index (χ3n) is 4.71. The van der Waals surface area contributed by atoms with Crippen molar-refractivity contribution < 1.29 is 0 Å². The molecule has 2 aromatic rings. The van der Waals surface area contributed by atoms with Gasteiger partial charge in [-0.1, -0.05) is 18.2 Å². The van der Waals surface area contributed by atoms with E-state index in [9.17, 15) is 0 Å². The summed E-state index contributed by atoms with van der Waals surface area (Å²) in [5.41, 5.74) is 4.34. The standard InChI is InChI=1S/C17H22N2S/c1-2-8-15-13(6-1)14-7-3-9-16(17(14)19-15)18-12-5-4-10-20-11-12/h1-2,6,8,12,16,18-19H,3-5,7,9-11H2. The summed E-state index contributed by atoms with van der Waals surface area (Å²) in [4.78, 5) is 3.69. The zero-order chi connectivity index (χ0) is 13.4. The molecule has 1 aliphatic carbocycles. The number of thioether (sulfide) groups is 1. The molecule has 1 aliphatic heterocycles. The molecule has 2 N–H and O–H groups in total. The van der Waals surface area contributed by atoms with E-state index in [1.54, 1.807) is 5.56 Å². The van der Waals surface area contributed by atoms with Crippen LogP contribution in [0.3, 0.4) is 0 Å². The van der Waals surface area contributed by atoms with Gasteiger partial charge in [-0.3, -0.25) is 0 Å². The summed E-state index contributed by atoms with van der Waals surface area (Å²) in [5.74, 6) is 2.63. The lowest BCUT2D eigenvalue weighted by molar-refractivity contribution is 0.389. The second kappa shape index (κ2) is 5.45. The highest BCUT2D eigenvalue weighted by atomic mass is 32.2. The largest absolute Gasteiger partial charge is 0.357 e. The van der Waals surface area contributed by atoms with E-state index in [2.05, 4.69) is 46.3 Å². The van der Waals surface area contributed by atoms with Crippen LogP contribution in [0.15, 0.2) is 24.3 Å². The Morgan fingerprint density at radius 2 is 2.10 bits per heavy atom. The van der Waals surface area contributed by atoms with Crippen LogP contribution in [0.5, 0.6) is 0 Å². The molecule has 3 heteroatoms. The van der Waals surface area contributed by atoms with Gasteiger partial charge in [0.05, 0.1) is 0 Å². The van der Waals surface area contributed by atoms with Crippen molar-refractivity contribution in [1.82, 2.24) is 10.3 Å². The first kappa shape index (κ1) is 12.8. The van der Waals surface area contributed by atoms with E-state index in [0.717, 1.165) is 0 Å². The van der Waals surface area contributed by atoms with E-state index >= 15 is 0 Å². The number of aromatic amines is 1. The number of hydrogen-bond acceptors (Lipinski definition) is 2. The minimum atomic E-state index is 0.537. The second-order valence-electron chi connectivity index (χ2n) is 6.09. The van der Waals surface area contributed by atoms with Gasteiger partial charge in [0, 0.05) is 34.4 Å². The van der Waals surface area contributed by atoms with E-state index in [-0.39, 0.29) is 0 Å². The van der Waals surface area contributed by atoms with Crippen LogP contribution in [-0.4, -0.2) is 22.5 Å². The van der Waals surface area contributed by atoms with Crippen molar-refractivity contribution in [3.05, 3.63) is 35.5 Å². The molecular formula is C17H22N2S. The van der Waals surface area contributed by atoms with Crippen LogP contribution in [-0.2, 0) is 6.42 Å². The van der Waals surface area contributed by atoms with E-state index in [4.69, 9.17) is 0 Å². The van der Waals surface area contributed by atoms with Crippen LogP contribution in [0.25, 0.3) is 10.9 Å². The quantitative estimate of drug-likeness (QED) is 0.872. The molecule has 2 aliphatic rings. The number of fused-ring (bicyclic) bond motifs is 3. The van der Waals surface area contributed by atoms with Gasteiger partial charge in [0.25, 0.3) is 0 Å². The summed E-state index contributed by atoms with van der Waals surface area (Å²) in [6, 6.07) is 10.0. The molecule has 0 saturated carbocycles. The smallest absolute Gasteiger partial charge is 0.0478 e. The van der Waals surface area contributed by atoms with Crippen LogP contribution in [0, 0.1) is 0 Å². The molecule has 4 rings (SSSR count). The molecule has 1 aromatic heterocycles. The molecule has 0 bridgehead atoms. The van der Waals surface area contributed by atoms with Crippen LogP contribution in [0.4, 0.5) is 0 Å². The fourth-order valence-electron chi connectivity index (χ4n) is 3.74. The zero-order valence-electron chi connectivity index (χ0n) is 11.8. The van der Waals surface area contributed by atoms with Gasteiger partial charge in [0.1, 0.15) is 0 Å². The summed E-state index contributed by atoms with van der Waals surface area (Å²) in [7, 11) is 0. The maximum atomic E-state index is 3.92. The number of nitrogens with one attached hydrogen (secondary N) is 2. The number of H-pyrrole nitrogens is 1. The molecule has 2 atom stereocenters. The fourth-order valence-corrected chi connectivity index (χ4v) is 4.82. The van der Waals surface area contributed by atoms with Gasteiger partial charge in [-0.25, -0.2) is 0 Å². The van der Waals surface area contributed by atoms with E-state index in [1.165, 1.54) is 60.2 Å². The Labute approximate surface area is 124 Å². The van der Waals surface area contributed by atoms with Crippen molar-refractivity contribution in [2.45, 2.75) is 44.2 Å². The highest BCUT2D eigenvalue weighted by Gasteiger charge is 2.26. The third-order valence-corrected chi connectivity index (χ3v) is 5.93. The Kier molecular flexibility index (Phi) is 3.49. The lowest BCUT2D eigenvalue weighted by Gasteiger charge is -2.30. The third kappa shape index (κ3) is 2.27. The average molecular weight is 286 g/mol. The molecular weight excluding hydrogens is 264 g/mol. The van der Waals surface area contributed by atoms with Crippen molar-refractivity contribution >= 4 is 22.7 Å².